The minimum absolute atomic E-state index is 0.134. The predicted octanol–water partition coefficient (Wildman–Crippen LogP) is 4.84. The van der Waals surface area contributed by atoms with Crippen LogP contribution >= 0.6 is 11.6 Å². The highest BCUT2D eigenvalue weighted by atomic mass is 35.5. The van der Waals surface area contributed by atoms with Gasteiger partial charge in [-0.25, -0.2) is 4.68 Å². The molecule has 0 fully saturated rings. The quantitative estimate of drug-likeness (QED) is 0.459. The maximum Gasteiger partial charge on any atom is 0.435 e. The molecule has 1 amide bonds. The Morgan fingerprint density at radius 1 is 1.23 bits per heavy atom. The monoisotopic (exact) mass is 447 g/mol. The molecule has 0 aliphatic heterocycles. The number of benzene rings is 2. The summed E-state index contributed by atoms with van der Waals surface area (Å²) in [6.07, 6.45) is -2.94. The van der Waals surface area contributed by atoms with Gasteiger partial charge in [0.25, 0.3) is 0 Å². The van der Waals surface area contributed by atoms with Crippen molar-refractivity contribution in [3.05, 3.63) is 76.7 Å². The molecule has 6 nitrogen and oxygen atoms in total. The molecule has 2 heterocycles. The molecular formula is C21H17ClF3N5O. The van der Waals surface area contributed by atoms with Crippen LogP contribution in [0.5, 0.6) is 0 Å². The summed E-state index contributed by atoms with van der Waals surface area (Å²) in [5.41, 5.74) is 1.05. The number of amides is 1. The third-order valence-electron chi connectivity index (χ3n) is 4.93. The lowest BCUT2D eigenvalue weighted by Crippen LogP contribution is -2.28. The van der Waals surface area contributed by atoms with Crippen molar-refractivity contribution in [3.8, 4) is 5.69 Å². The number of alkyl halides is 3. The lowest BCUT2D eigenvalue weighted by atomic mass is 9.99. The van der Waals surface area contributed by atoms with Gasteiger partial charge in [-0.2, -0.15) is 23.4 Å². The van der Waals surface area contributed by atoms with Crippen LogP contribution in [0.2, 0.25) is 5.02 Å². The number of fused-ring (bicyclic) bond motifs is 1. The fraction of sp³-hybridized carbons (Fsp3) is 0.190. The number of rotatable bonds is 5. The van der Waals surface area contributed by atoms with Crippen molar-refractivity contribution in [1.29, 1.82) is 0 Å². The number of H-pyrrole nitrogens is 1. The van der Waals surface area contributed by atoms with Gasteiger partial charge in [-0.3, -0.25) is 9.89 Å². The topological polar surface area (TPSA) is 75.6 Å². The first-order valence-corrected chi connectivity index (χ1v) is 9.73. The summed E-state index contributed by atoms with van der Waals surface area (Å²) >= 11 is 5.97. The number of halogens is 4. The zero-order valence-corrected chi connectivity index (χ0v) is 17.0. The van der Waals surface area contributed by atoms with Gasteiger partial charge in [0.1, 0.15) is 0 Å². The predicted molar refractivity (Wildman–Crippen MR) is 110 cm³/mol. The molecule has 2 N–H and O–H groups in total. The van der Waals surface area contributed by atoms with E-state index < -0.39 is 17.8 Å². The minimum Gasteiger partial charge on any atom is -0.350 e. The third kappa shape index (κ3) is 4.41. The fourth-order valence-corrected chi connectivity index (χ4v) is 3.41. The van der Waals surface area contributed by atoms with E-state index in [0.717, 1.165) is 27.2 Å². The second-order valence-electron chi connectivity index (χ2n) is 7.07. The largest absolute Gasteiger partial charge is 0.435 e. The van der Waals surface area contributed by atoms with Crippen LogP contribution in [0, 0.1) is 0 Å². The molecule has 0 saturated heterocycles. The Morgan fingerprint density at radius 2 is 2.03 bits per heavy atom. The summed E-state index contributed by atoms with van der Waals surface area (Å²) in [4.78, 5) is 12.7. The minimum atomic E-state index is -4.62. The van der Waals surface area contributed by atoms with Gasteiger partial charge in [-0.15, -0.1) is 0 Å². The van der Waals surface area contributed by atoms with Crippen LogP contribution in [-0.2, 0) is 17.5 Å². The van der Waals surface area contributed by atoms with E-state index in [0.29, 0.717) is 10.7 Å². The molecule has 0 aliphatic carbocycles. The summed E-state index contributed by atoms with van der Waals surface area (Å²) in [5, 5.41) is 14.5. The van der Waals surface area contributed by atoms with Crippen LogP contribution in [0.15, 0.2) is 54.7 Å². The second-order valence-corrected chi connectivity index (χ2v) is 7.50. The normalized spacial score (nSPS) is 12.8. The highest BCUT2D eigenvalue weighted by Crippen LogP contribution is 2.30. The molecule has 160 valence electrons. The zero-order valence-electron chi connectivity index (χ0n) is 16.2. The molecule has 1 atom stereocenters. The zero-order chi connectivity index (χ0) is 22.2. The summed E-state index contributed by atoms with van der Waals surface area (Å²) in [6, 6.07) is 12.7. The molecule has 2 aromatic carbocycles. The van der Waals surface area contributed by atoms with Crippen molar-refractivity contribution in [2.24, 2.45) is 0 Å². The van der Waals surface area contributed by atoms with Crippen molar-refractivity contribution in [3.63, 3.8) is 0 Å². The molecule has 0 bridgehead atoms. The standard InChI is InChI=1S/C21H17ClF3N5O/c1-12(13-5-6-14-10-27-28-18(14)7-13)20(31)26-11-17-9-19(21(23,24)25)29-30(17)16-4-2-3-15(22)8-16/h2-10,12H,11H2,1H3,(H,26,31)(H,27,28). The Bertz CT molecular complexity index is 1250. The molecule has 1 unspecified atom stereocenters. The fourth-order valence-electron chi connectivity index (χ4n) is 3.22. The lowest BCUT2D eigenvalue weighted by molar-refractivity contribution is -0.141. The number of nitrogens with zero attached hydrogens (tertiary/aromatic N) is 3. The molecule has 4 rings (SSSR count). The molecular weight excluding hydrogens is 431 g/mol. The highest BCUT2D eigenvalue weighted by molar-refractivity contribution is 6.30. The Kier molecular flexibility index (Phi) is 5.45. The molecule has 0 radical (unpaired) electrons. The van der Waals surface area contributed by atoms with E-state index in [4.69, 9.17) is 11.6 Å². The smallest absolute Gasteiger partial charge is 0.350 e. The third-order valence-corrected chi connectivity index (χ3v) is 5.16. The average Bonchev–Trinajstić information content (AvgIpc) is 3.37. The van der Waals surface area contributed by atoms with Crippen LogP contribution in [0.4, 0.5) is 13.2 Å². The Balaban J connectivity index is 1.56. The van der Waals surface area contributed by atoms with Crippen LogP contribution in [0.1, 0.15) is 29.8 Å². The van der Waals surface area contributed by atoms with Crippen molar-refractivity contribution < 1.29 is 18.0 Å². The Morgan fingerprint density at radius 3 is 2.77 bits per heavy atom. The summed E-state index contributed by atoms with van der Waals surface area (Å²) in [7, 11) is 0. The maximum atomic E-state index is 13.2. The molecule has 0 spiro atoms. The van der Waals surface area contributed by atoms with E-state index in [9.17, 15) is 18.0 Å². The first-order chi connectivity index (χ1) is 14.7. The van der Waals surface area contributed by atoms with Crippen molar-refractivity contribution in [2.75, 3.05) is 0 Å². The summed E-state index contributed by atoms with van der Waals surface area (Å²) < 4.78 is 40.8. The first-order valence-electron chi connectivity index (χ1n) is 9.35. The van der Waals surface area contributed by atoms with Gasteiger partial charge in [0.05, 0.1) is 35.6 Å². The van der Waals surface area contributed by atoms with Gasteiger partial charge in [0.15, 0.2) is 5.69 Å². The van der Waals surface area contributed by atoms with E-state index in [1.54, 1.807) is 31.3 Å². The van der Waals surface area contributed by atoms with E-state index >= 15 is 0 Å². The lowest BCUT2D eigenvalue weighted by Gasteiger charge is -2.14. The number of carbonyl (C=O) groups excluding carboxylic acids is 1. The van der Waals surface area contributed by atoms with Gasteiger partial charge < -0.3 is 5.32 Å². The van der Waals surface area contributed by atoms with E-state index in [1.807, 2.05) is 18.2 Å². The molecule has 4 aromatic rings. The summed E-state index contributed by atoms with van der Waals surface area (Å²) in [5.74, 6) is -0.844. The maximum absolute atomic E-state index is 13.2. The SMILES string of the molecule is CC(C(=O)NCc1cc(C(F)(F)F)nn1-c1cccc(Cl)c1)c1ccc2cn[nH]c2c1. The number of hydrogen-bond acceptors (Lipinski definition) is 3. The highest BCUT2D eigenvalue weighted by Gasteiger charge is 2.35. The van der Waals surface area contributed by atoms with E-state index in [-0.39, 0.29) is 18.1 Å². The number of aromatic amines is 1. The van der Waals surface area contributed by atoms with Crippen molar-refractivity contribution >= 4 is 28.4 Å². The number of carbonyl (C=O) groups is 1. The van der Waals surface area contributed by atoms with Crippen LogP contribution in [-0.4, -0.2) is 25.9 Å². The Labute approximate surface area is 180 Å². The molecule has 10 heteroatoms. The van der Waals surface area contributed by atoms with Gasteiger partial charge in [0, 0.05) is 10.4 Å². The van der Waals surface area contributed by atoms with Crippen molar-refractivity contribution in [1.82, 2.24) is 25.3 Å². The van der Waals surface area contributed by atoms with Crippen molar-refractivity contribution in [2.45, 2.75) is 25.6 Å². The van der Waals surface area contributed by atoms with Gasteiger partial charge >= 0.3 is 6.18 Å². The number of nitrogens with one attached hydrogen (secondary N) is 2. The summed E-state index contributed by atoms with van der Waals surface area (Å²) in [6.45, 7) is 1.59. The van der Waals surface area contributed by atoms with Crippen LogP contribution in [0.25, 0.3) is 16.6 Å². The van der Waals surface area contributed by atoms with Gasteiger partial charge in [0.2, 0.25) is 5.91 Å². The molecule has 31 heavy (non-hydrogen) atoms. The van der Waals surface area contributed by atoms with Crippen LogP contribution < -0.4 is 5.32 Å². The number of hydrogen-bond donors (Lipinski definition) is 2. The molecule has 0 saturated carbocycles. The first kappa shape index (κ1) is 20.9. The van der Waals surface area contributed by atoms with Gasteiger partial charge in [-0.1, -0.05) is 29.8 Å². The van der Waals surface area contributed by atoms with Gasteiger partial charge in [-0.05, 0) is 42.8 Å². The van der Waals surface area contributed by atoms with Crippen LogP contribution in [0.3, 0.4) is 0 Å². The second kappa shape index (κ2) is 8.07. The van der Waals surface area contributed by atoms with E-state index in [2.05, 4.69) is 20.6 Å². The number of aromatic nitrogens is 4. The Hall–Kier alpha value is -3.33. The molecule has 2 aromatic heterocycles. The van der Waals surface area contributed by atoms with E-state index in [1.165, 1.54) is 6.07 Å². The average molecular weight is 448 g/mol. The molecule has 0 aliphatic rings.